The van der Waals surface area contributed by atoms with Crippen LogP contribution in [0.2, 0.25) is 0 Å². The van der Waals surface area contributed by atoms with Gasteiger partial charge < -0.3 is 15.2 Å². The number of hydrogen-bond acceptors (Lipinski definition) is 3. The highest BCUT2D eigenvalue weighted by Crippen LogP contribution is 2.13. The molecule has 0 unspecified atom stereocenters. The summed E-state index contributed by atoms with van der Waals surface area (Å²) >= 11 is 0. The summed E-state index contributed by atoms with van der Waals surface area (Å²) < 4.78 is 9.75. The van der Waals surface area contributed by atoms with Crippen molar-refractivity contribution >= 4 is 6.09 Å². The Labute approximate surface area is 94.3 Å². The van der Waals surface area contributed by atoms with E-state index in [9.17, 15) is 4.79 Å². The molecule has 0 aliphatic carbocycles. The normalized spacial score (nSPS) is 11.2. The predicted molar refractivity (Wildman–Crippen MR) is 60.0 cm³/mol. The van der Waals surface area contributed by atoms with Gasteiger partial charge >= 0.3 is 6.09 Å². The van der Waals surface area contributed by atoms with Gasteiger partial charge in [0.05, 0.1) is 7.11 Å². The molecule has 0 radical (unpaired) electrons. The second-order valence-electron chi connectivity index (χ2n) is 3.14. The molecule has 1 atom stereocenters. The average Bonchev–Trinajstić information content (AvgIpc) is 2.28. The molecule has 1 amide bonds. The van der Waals surface area contributed by atoms with Gasteiger partial charge in [-0.15, -0.1) is 6.42 Å². The molecule has 0 fully saturated rings. The number of carbonyl (C=O) groups is 1. The number of benzene rings is 1. The summed E-state index contributed by atoms with van der Waals surface area (Å²) in [5, 5.41) is 0. The van der Waals surface area contributed by atoms with Crippen LogP contribution in [0.3, 0.4) is 0 Å². The molecule has 0 aromatic heterocycles. The molecule has 4 heteroatoms. The molecule has 0 aliphatic rings. The number of rotatable bonds is 4. The molecule has 16 heavy (non-hydrogen) atoms. The van der Waals surface area contributed by atoms with Gasteiger partial charge in [-0.25, -0.2) is 4.79 Å². The van der Waals surface area contributed by atoms with E-state index in [0.29, 0.717) is 6.42 Å². The number of hydrogen-bond donors (Lipinski definition) is 1. The second kappa shape index (κ2) is 5.66. The van der Waals surface area contributed by atoms with Gasteiger partial charge in [0.25, 0.3) is 0 Å². The lowest BCUT2D eigenvalue weighted by molar-refractivity contribution is 0.133. The summed E-state index contributed by atoms with van der Waals surface area (Å²) in [7, 11) is 1.59. The highest BCUT2D eigenvalue weighted by Gasteiger charge is 2.09. The largest absolute Gasteiger partial charge is 0.497 e. The van der Waals surface area contributed by atoms with E-state index in [-0.39, 0.29) is 0 Å². The van der Waals surface area contributed by atoms with Crippen molar-refractivity contribution < 1.29 is 14.3 Å². The van der Waals surface area contributed by atoms with Crippen LogP contribution in [0.5, 0.6) is 5.75 Å². The first-order chi connectivity index (χ1) is 7.65. The van der Waals surface area contributed by atoms with Crippen molar-refractivity contribution in [3.63, 3.8) is 0 Å². The highest BCUT2D eigenvalue weighted by molar-refractivity contribution is 5.65. The zero-order valence-corrected chi connectivity index (χ0v) is 8.97. The maximum Gasteiger partial charge on any atom is 0.405 e. The van der Waals surface area contributed by atoms with Gasteiger partial charge in [-0.1, -0.05) is 18.1 Å². The fraction of sp³-hybridized carbons (Fsp3) is 0.250. The van der Waals surface area contributed by atoms with E-state index >= 15 is 0 Å². The molecule has 1 aromatic rings. The lowest BCUT2D eigenvalue weighted by Crippen LogP contribution is -2.23. The van der Waals surface area contributed by atoms with Crippen molar-refractivity contribution in [1.29, 1.82) is 0 Å². The van der Waals surface area contributed by atoms with Crippen LogP contribution >= 0.6 is 0 Å². The van der Waals surface area contributed by atoms with Gasteiger partial charge in [0, 0.05) is 6.42 Å². The smallest absolute Gasteiger partial charge is 0.405 e. The lowest BCUT2D eigenvalue weighted by atomic mass is 10.1. The molecule has 0 saturated heterocycles. The maximum absolute atomic E-state index is 10.5. The SMILES string of the molecule is C#C[C@H](Cc1ccc(OC)cc1)OC(N)=O. The third-order valence-electron chi connectivity index (χ3n) is 2.02. The number of amides is 1. The predicted octanol–water partition coefficient (Wildman–Crippen LogP) is 1.33. The Balaban J connectivity index is 2.64. The van der Waals surface area contributed by atoms with Crippen molar-refractivity contribution in [1.82, 2.24) is 0 Å². The number of nitrogens with two attached hydrogens (primary N) is 1. The first kappa shape index (κ1) is 11.9. The van der Waals surface area contributed by atoms with Gasteiger partial charge in [0.15, 0.2) is 6.10 Å². The van der Waals surface area contributed by atoms with Gasteiger partial charge in [0.1, 0.15) is 5.75 Å². The molecular formula is C12H13NO3. The van der Waals surface area contributed by atoms with E-state index in [2.05, 4.69) is 5.92 Å². The van der Waals surface area contributed by atoms with Crippen molar-refractivity contribution in [3.8, 4) is 18.1 Å². The second-order valence-corrected chi connectivity index (χ2v) is 3.14. The fourth-order valence-electron chi connectivity index (χ4n) is 1.25. The zero-order chi connectivity index (χ0) is 12.0. The lowest BCUT2D eigenvalue weighted by Gasteiger charge is -2.10. The zero-order valence-electron chi connectivity index (χ0n) is 8.97. The summed E-state index contributed by atoms with van der Waals surface area (Å²) in [6.07, 6.45) is 4.15. The van der Waals surface area contributed by atoms with E-state index in [0.717, 1.165) is 11.3 Å². The van der Waals surface area contributed by atoms with Crippen LogP contribution in [0.15, 0.2) is 24.3 Å². The molecular weight excluding hydrogens is 206 g/mol. The molecule has 84 valence electrons. The van der Waals surface area contributed by atoms with Gasteiger partial charge in [-0.3, -0.25) is 0 Å². The molecule has 0 bridgehead atoms. The van der Waals surface area contributed by atoms with Crippen molar-refractivity contribution in [2.75, 3.05) is 7.11 Å². The van der Waals surface area contributed by atoms with Crippen molar-refractivity contribution in [2.45, 2.75) is 12.5 Å². The molecule has 0 saturated carbocycles. The van der Waals surface area contributed by atoms with Crippen molar-refractivity contribution in [3.05, 3.63) is 29.8 Å². The van der Waals surface area contributed by atoms with E-state index < -0.39 is 12.2 Å². The summed E-state index contributed by atoms with van der Waals surface area (Å²) in [6.45, 7) is 0. The van der Waals surface area contributed by atoms with Crippen LogP contribution in [0.4, 0.5) is 4.79 Å². The molecule has 1 rings (SSSR count). The van der Waals surface area contributed by atoms with E-state index in [4.69, 9.17) is 21.6 Å². The molecule has 1 aromatic carbocycles. The Morgan fingerprint density at radius 1 is 1.50 bits per heavy atom. The molecule has 4 nitrogen and oxygen atoms in total. The topological polar surface area (TPSA) is 61.6 Å². The number of methoxy groups -OCH3 is 1. The minimum atomic E-state index is -0.864. The highest BCUT2D eigenvalue weighted by atomic mass is 16.6. The quantitative estimate of drug-likeness (QED) is 0.777. The molecule has 0 spiro atoms. The Bertz CT molecular complexity index is 392. The third kappa shape index (κ3) is 3.54. The number of ether oxygens (including phenoxy) is 2. The third-order valence-corrected chi connectivity index (χ3v) is 2.02. The Kier molecular flexibility index (Phi) is 4.22. The Hall–Kier alpha value is -2.15. The number of carbonyl (C=O) groups excluding carboxylic acids is 1. The van der Waals surface area contributed by atoms with Crippen LogP contribution in [0, 0.1) is 12.3 Å². The van der Waals surface area contributed by atoms with E-state index in [1.165, 1.54) is 0 Å². The van der Waals surface area contributed by atoms with Crippen molar-refractivity contribution in [2.24, 2.45) is 5.73 Å². The Morgan fingerprint density at radius 2 is 2.12 bits per heavy atom. The van der Waals surface area contributed by atoms with Gasteiger partial charge in [-0.2, -0.15) is 0 Å². The molecule has 2 N–H and O–H groups in total. The first-order valence-corrected chi connectivity index (χ1v) is 4.71. The molecule has 0 aliphatic heterocycles. The van der Waals surface area contributed by atoms with Crippen LogP contribution in [0.1, 0.15) is 5.56 Å². The summed E-state index contributed by atoms with van der Waals surface area (Å²) in [5.74, 6) is 3.12. The van der Waals surface area contributed by atoms with E-state index in [1.807, 2.05) is 24.3 Å². The maximum atomic E-state index is 10.5. The summed E-state index contributed by atoms with van der Waals surface area (Å²) in [5.41, 5.74) is 5.84. The average molecular weight is 219 g/mol. The van der Waals surface area contributed by atoms with E-state index in [1.54, 1.807) is 7.11 Å². The first-order valence-electron chi connectivity index (χ1n) is 4.71. The minimum absolute atomic E-state index is 0.434. The minimum Gasteiger partial charge on any atom is -0.497 e. The molecule has 0 heterocycles. The van der Waals surface area contributed by atoms with Gasteiger partial charge in [-0.05, 0) is 17.7 Å². The summed E-state index contributed by atoms with van der Waals surface area (Å²) in [4.78, 5) is 10.5. The fourth-order valence-corrected chi connectivity index (χ4v) is 1.25. The standard InChI is InChI=1S/C12H13NO3/c1-3-10(16-12(13)14)8-9-4-6-11(15-2)7-5-9/h1,4-7,10H,8H2,2H3,(H2,13,14)/t10-/m1/s1. The van der Waals surface area contributed by atoms with Crippen LogP contribution in [0.25, 0.3) is 0 Å². The van der Waals surface area contributed by atoms with Crippen LogP contribution in [-0.2, 0) is 11.2 Å². The number of primary amides is 1. The summed E-state index contributed by atoms with van der Waals surface area (Å²) in [6, 6.07) is 7.33. The Morgan fingerprint density at radius 3 is 2.56 bits per heavy atom. The van der Waals surface area contributed by atoms with Crippen LogP contribution < -0.4 is 10.5 Å². The van der Waals surface area contributed by atoms with Gasteiger partial charge in [0.2, 0.25) is 0 Å². The number of terminal acetylenes is 1. The van der Waals surface area contributed by atoms with Crippen LogP contribution in [-0.4, -0.2) is 19.3 Å². The monoisotopic (exact) mass is 219 g/mol.